The first-order valence-electron chi connectivity index (χ1n) is 11.5. The number of anilines is 1. The number of ether oxygens (including phenoxy) is 1. The van der Waals surface area contributed by atoms with Crippen molar-refractivity contribution in [3.05, 3.63) is 65.5 Å². The van der Waals surface area contributed by atoms with Gasteiger partial charge in [0.15, 0.2) is 0 Å². The lowest BCUT2D eigenvalue weighted by Crippen LogP contribution is -2.14. The number of nitrogens with zero attached hydrogens (tertiary/aromatic N) is 2. The summed E-state index contributed by atoms with van der Waals surface area (Å²) >= 11 is 0. The number of pyridine rings is 1. The highest BCUT2D eigenvalue weighted by Crippen LogP contribution is 2.31. The largest absolute Gasteiger partial charge is 0.493 e. The van der Waals surface area contributed by atoms with Crippen LogP contribution in [0.25, 0.3) is 10.9 Å². The number of rotatable bonds is 9. The topological polar surface area (TPSA) is 59.3 Å². The molecule has 2 aromatic heterocycles. The van der Waals surface area contributed by atoms with E-state index in [9.17, 15) is 5.11 Å². The summed E-state index contributed by atoms with van der Waals surface area (Å²) in [6.45, 7) is 6.03. The maximum absolute atomic E-state index is 9.58. The molecule has 31 heavy (non-hydrogen) atoms. The van der Waals surface area contributed by atoms with E-state index in [-0.39, 0.29) is 12.6 Å². The minimum absolute atomic E-state index is 0.176. The highest BCUT2D eigenvalue weighted by Gasteiger charge is 2.16. The van der Waals surface area contributed by atoms with Gasteiger partial charge in [0.1, 0.15) is 11.6 Å². The van der Waals surface area contributed by atoms with Crippen molar-refractivity contribution in [1.29, 1.82) is 0 Å². The molecule has 1 aliphatic rings. The molecule has 3 aromatic rings. The van der Waals surface area contributed by atoms with Gasteiger partial charge in [0, 0.05) is 42.4 Å². The van der Waals surface area contributed by atoms with E-state index in [0.717, 1.165) is 54.9 Å². The van der Waals surface area contributed by atoms with Crippen LogP contribution in [0.4, 0.5) is 5.82 Å². The molecule has 0 saturated heterocycles. The quantitative estimate of drug-likeness (QED) is 0.462. The van der Waals surface area contributed by atoms with Gasteiger partial charge in [-0.2, -0.15) is 0 Å². The first-order valence-corrected chi connectivity index (χ1v) is 11.5. The van der Waals surface area contributed by atoms with E-state index in [1.54, 1.807) is 0 Å². The lowest BCUT2D eigenvalue weighted by Gasteiger charge is -2.22. The van der Waals surface area contributed by atoms with Crippen molar-refractivity contribution in [2.24, 2.45) is 0 Å². The van der Waals surface area contributed by atoms with Crippen molar-refractivity contribution in [3.8, 4) is 5.75 Å². The van der Waals surface area contributed by atoms with Crippen LogP contribution in [0.15, 0.2) is 54.2 Å². The molecular formula is C26H33N3O2. The van der Waals surface area contributed by atoms with E-state index in [2.05, 4.69) is 66.3 Å². The van der Waals surface area contributed by atoms with Crippen LogP contribution < -0.4 is 10.1 Å². The van der Waals surface area contributed by atoms with Gasteiger partial charge >= 0.3 is 0 Å². The van der Waals surface area contributed by atoms with Crippen molar-refractivity contribution >= 4 is 16.7 Å². The zero-order valence-electron chi connectivity index (χ0n) is 18.6. The van der Waals surface area contributed by atoms with Crippen molar-refractivity contribution < 1.29 is 9.84 Å². The van der Waals surface area contributed by atoms with Crippen molar-refractivity contribution in [2.75, 3.05) is 25.1 Å². The van der Waals surface area contributed by atoms with E-state index in [4.69, 9.17) is 9.72 Å². The Morgan fingerprint density at radius 1 is 1.29 bits per heavy atom. The second-order valence-corrected chi connectivity index (χ2v) is 8.13. The molecule has 2 N–H and O–H groups in total. The number of fused-ring (bicyclic) bond motifs is 2. The van der Waals surface area contributed by atoms with Gasteiger partial charge in [-0.05, 0) is 68.5 Å². The smallest absolute Gasteiger partial charge is 0.129 e. The molecule has 1 atom stereocenters. The summed E-state index contributed by atoms with van der Waals surface area (Å²) in [5, 5.41) is 14.1. The van der Waals surface area contributed by atoms with Crippen LogP contribution in [0.2, 0.25) is 0 Å². The van der Waals surface area contributed by atoms with Gasteiger partial charge in [-0.15, -0.1) is 0 Å². The second kappa shape index (κ2) is 10.0. The number of aryl methyl sites for hydroxylation is 1. The van der Waals surface area contributed by atoms with E-state index < -0.39 is 0 Å². The molecule has 0 radical (unpaired) electrons. The van der Waals surface area contributed by atoms with Gasteiger partial charge in [-0.3, -0.25) is 0 Å². The predicted octanol–water partition coefficient (Wildman–Crippen LogP) is 5.30. The third kappa shape index (κ3) is 4.77. The molecule has 0 fully saturated rings. The monoisotopic (exact) mass is 419 g/mol. The average Bonchev–Trinajstić information content (AvgIpc) is 3.22. The van der Waals surface area contributed by atoms with Crippen LogP contribution in [-0.2, 0) is 12.8 Å². The number of benzene rings is 1. The lowest BCUT2D eigenvalue weighted by atomic mass is 10.0. The number of aromatic nitrogens is 2. The first kappa shape index (κ1) is 21.4. The fraction of sp³-hybridized carbons (Fsp3) is 0.423. The van der Waals surface area contributed by atoms with Crippen LogP contribution in [0.5, 0.6) is 5.75 Å². The third-order valence-electron chi connectivity index (χ3n) is 6.22. The Hall–Kier alpha value is -2.79. The summed E-state index contributed by atoms with van der Waals surface area (Å²) in [5.74, 6) is 1.92. The van der Waals surface area contributed by atoms with Gasteiger partial charge in [0.05, 0.1) is 12.6 Å². The molecule has 5 nitrogen and oxygen atoms in total. The van der Waals surface area contributed by atoms with Crippen LogP contribution in [0.1, 0.15) is 50.4 Å². The fourth-order valence-corrected chi connectivity index (χ4v) is 4.54. The summed E-state index contributed by atoms with van der Waals surface area (Å²) < 4.78 is 8.32. The summed E-state index contributed by atoms with van der Waals surface area (Å²) in [4.78, 5) is 4.75. The first-order chi connectivity index (χ1) is 15.2. The van der Waals surface area contributed by atoms with Crippen LogP contribution in [-0.4, -0.2) is 34.4 Å². The minimum Gasteiger partial charge on any atom is -0.493 e. The van der Waals surface area contributed by atoms with E-state index in [0.29, 0.717) is 6.61 Å². The van der Waals surface area contributed by atoms with Gasteiger partial charge in [-0.1, -0.05) is 24.6 Å². The van der Waals surface area contributed by atoms with Gasteiger partial charge < -0.3 is 19.7 Å². The maximum atomic E-state index is 9.58. The number of aliphatic hydroxyl groups is 1. The Balaban J connectivity index is 1.44. The highest BCUT2D eigenvalue weighted by atomic mass is 16.5. The van der Waals surface area contributed by atoms with Gasteiger partial charge in [0.2, 0.25) is 0 Å². The third-order valence-corrected chi connectivity index (χ3v) is 6.22. The zero-order chi connectivity index (χ0) is 21.6. The molecule has 1 unspecified atom stereocenters. The average molecular weight is 420 g/mol. The standard InChI is InChI=1S/C26H33N3O2/c1-3-19(4-2)25(12-16-30)29-15-11-21-18-23(9-10-24(21)29)31-17-13-22-8-7-20-6-5-14-27-26(20)28-22/h3,7-11,15,18,25,30H,4-6,12-14,16-17H2,1-2H3,(H,27,28)/b19-3+. The fourth-order valence-electron chi connectivity index (χ4n) is 4.54. The van der Waals surface area contributed by atoms with Crippen LogP contribution >= 0.6 is 0 Å². The highest BCUT2D eigenvalue weighted by molar-refractivity contribution is 5.82. The molecule has 4 rings (SSSR count). The molecule has 1 aliphatic heterocycles. The van der Waals surface area contributed by atoms with E-state index in [1.807, 2.05) is 6.07 Å². The van der Waals surface area contributed by atoms with Crippen LogP contribution in [0, 0.1) is 0 Å². The zero-order valence-corrected chi connectivity index (χ0v) is 18.6. The minimum atomic E-state index is 0.176. The normalized spacial score (nSPS) is 14.9. The molecule has 0 spiro atoms. The molecular weight excluding hydrogens is 386 g/mol. The van der Waals surface area contributed by atoms with Crippen LogP contribution in [0.3, 0.4) is 0 Å². The summed E-state index contributed by atoms with van der Waals surface area (Å²) in [5.41, 5.74) is 4.89. The Labute approximate surface area is 184 Å². The molecule has 5 heteroatoms. The number of hydrogen-bond donors (Lipinski definition) is 2. The molecule has 1 aromatic carbocycles. The predicted molar refractivity (Wildman–Crippen MR) is 127 cm³/mol. The lowest BCUT2D eigenvalue weighted by molar-refractivity contribution is 0.267. The SMILES string of the molecule is C/C=C(\CC)C(CCO)n1ccc2cc(OCCc3ccc4c(n3)NCCC4)ccc21. The Morgan fingerprint density at radius 2 is 2.19 bits per heavy atom. The van der Waals surface area contributed by atoms with Crippen molar-refractivity contribution in [1.82, 2.24) is 9.55 Å². The van der Waals surface area contributed by atoms with Crippen molar-refractivity contribution in [3.63, 3.8) is 0 Å². The molecule has 0 bridgehead atoms. The number of hydrogen-bond acceptors (Lipinski definition) is 4. The number of allylic oxidation sites excluding steroid dienone is 2. The molecule has 3 heterocycles. The molecule has 164 valence electrons. The van der Waals surface area contributed by atoms with Crippen molar-refractivity contribution in [2.45, 2.75) is 52.0 Å². The molecule has 0 amide bonds. The van der Waals surface area contributed by atoms with E-state index >= 15 is 0 Å². The molecule has 0 aliphatic carbocycles. The second-order valence-electron chi connectivity index (χ2n) is 8.13. The molecule has 0 saturated carbocycles. The van der Waals surface area contributed by atoms with Gasteiger partial charge in [0.25, 0.3) is 0 Å². The Morgan fingerprint density at radius 3 is 3.00 bits per heavy atom. The summed E-state index contributed by atoms with van der Waals surface area (Å²) in [6.07, 6.45) is 9.07. The maximum Gasteiger partial charge on any atom is 0.129 e. The Kier molecular flexibility index (Phi) is 6.92. The van der Waals surface area contributed by atoms with Gasteiger partial charge in [-0.25, -0.2) is 4.98 Å². The Bertz CT molecular complexity index is 1050. The summed E-state index contributed by atoms with van der Waals surface area (Å²) in [6, 6.07) is 12.9. The number of aliphatic hydroxyl groups excluding tert-OH is 1. The summed E-state index contributed by atoms with van der Waals surface area (Å²) in [7, 11) is 0. The number of nitrogens with one attached hydrogen (secondary N) is 1. The van der Waals surface area contributed by atoms with E-state index in [1.165, 1.54) is 23.1 Å².